The van der Waals surface area contributed by atoms with Crippen LogP contribution in [0.15, 0.2) is 52.1 Å². The van der Waals surface area contributed by atoms with Gasteiger partial charge in [-0.1, -0.05) is 19.1 Å². The molecule has 0 aliphatic rings. The molecule has 1 heterocycles. The lowest BCUT2D eigenvalue weighted by Gasteiger charge is -2.20. The molecule has 20 heavy (non-hydrogen) atoms. The lowest BCUT2D eigenvalue weighted by molar-refractivity contribution is 0.414. The van der Waals surface area contributed by atoms with Crippen molar-refractivity contribution in [2.24, 2.45) is 5.73 Å². The normalized spacial score (nSPS) is 13.8. The predicted octanol–water partition coefficient (Wildman–Crippen LogP) is 4.03. The van der Waals surface area contributed by atoms with E-state index >= 15 is 0 Å². The molecule has 106 valence electrons. The summed E-state index contributed by atoms with van der Waals surface area (Å²) in [4.78, 5) is 4.36. The molecule has 2 aromatic rings. The second kappa shape index (κ2) is 7.11. The molecule has 0 spiro atoms. The highest BCUT2D eigenvalue weighted by Crippen LogP contribution is 2.33. The van der Waals surface area contributed by atoms with Gasteiger partial charge in [-0.25, -0.2) is 4.98 Å². The zero-order chi connectivity index (χ0) is 14.5. The topological polar surface area (TPSA) is 48.1 Å². The number of nitrogens with zero attached hydrogens (tertiary/aromatic N) is 1. The fraction of sp³-hybridized carbons (Fsp3) is 0.267. The third-order valence-electron chi connectivity index (χ3n) is 3.03. The van der Waals surface area contributed by atoms with Crippen LogP contribution >= 0.6 is 27.7 Å². The van der Waals surface area contributed by atoms with Gasteiger partial charge in [0.15, 0.2) is 0 Å². The van der Waals surface area contributed by atoms with Crippen LogP contribution in [0.2, 0.25) is 0 Å². The highest BCUT2D eigenvalue weighted by molar-refractivity contribution is 9.10. The minimum absolute atomic E-state index is 0.0557. The van der Waals surface area contributed by atoms with E-state index < -0.39 is 0 Å². The zero-order valence-electron chi connectivity index (χ0n) is 11.4. The molecule has 2 atom stereocenters. The van der Waals surface area contributed by atoms with E-state index in [1.807, 2.05) is 36.4 Å². The van der Waals surface area contributed by atoms with E-state index in [0.717, 1.165) is 20.8 Å². The SMILES string of the molecule is COc1ccc(C(N)C(C)Sc2ncccc2Br)cc1. The van der Waals surface area contributed by atoms with Gasteiger partial charge in [0.1, 0.15) is 10.8 Å². The Hall–Kier alpha value is -1.04. The van der Waals surface area contributed by atoms with Gasteiger partial charge in [0.05, 0.1) is 7.11 Å². The van der Waals surface area contributed by atoms with E-state index in [4.69, 9.17) is 10.5 Å². The van der Waals surface area contributed by atoms with E-state index in [2.05, 4.69) is 27.8 Å². The fourth-order valence-corrected chi connectivity index (χ4v) is 3.30. The Morgan fingerprint density at radius 2 is 1.95 bits per heavy atom. The lowest BCUT2D eigenvalue weighted by Crippen LogP contribution is -2.21. The Bertz CT molecular complexity index is 562. The summed E-state index contributed by atoms with van der Waals surface area (Å²) in [5.41, 5.74) is 7.42. The predicted molar refractivity (Wildman–Crippen MR) is 87.2 cm³/mol. The molecule has 3 nitrogen and oxygen atoms in total. The van der Waals surface area contributed by atoms with Gasteiger partial charge in [0.2, 0.25) is 0 Å². The first kappa shape index (κ1) is 15.4. The number of hydrogen-bond donors (Lipinski definition) is 1. The molecule has 2 N–H and O–H groups in total. The number of hydrogen-bond acceptors (Lipinski definition) is 4. The lowest BCUT2D eigenvalue weighted by atomic mass is 10.1. The van der Waals surface area contributed by atoms with Crippen LogP contribution in [0.25, 0.3) is 0 Å². The molecule has 2 rings (SSSR count). The molecule has 0 fully saturated rings. The van der Waals surface area contributed by atoms with Gasteiger partial charge >= 0.3 is 0 Å². The van der Waals surface area contributed by atoms with E-state index in [1.54, 1.807) is 25.1 Å². The molecule has 0 aliphatic heterocycles. The largest absolute Gasteiger partial charge is 0.497 e. The summed E-state index contributed by atoms with van der Waals surface area (Å²) in [5.74, 6) is 0.841. The van der Waals surface area contributed by atoms with Crippen LogP contribution in [-0.4, -0.2) is 17.3 Å². The Morgan fingerprint density at radius 3 is 2.55 bits per heavy atom. The van der Waals surface area contributed by atoms with Crippen molar-refractivity contribution in [3.8, 4) is 5.75 Å². The Kier molecular flexibility index (Phi) is 5.46. The van der Waals surface area contributed by atoms with Crippen LogP contribution in [0.5, 0.6) is 5.75 Å². The van der Waals surface area contributed by atoms with Crippen molar-refractivity contribution in [1.29, 1.82) is 0 Å². The van der Waals surface area contributed by atoms with Gasteiger partial charge < -0.3 is 10.5 Å². The average Bonchev–Trinajstić information content (AvgIpc) is 2.49. The molecule has 1 aromatic carbocycles. The minimum atomic E-state index is -0.0557. The summed E-state index contributed by atoms with van der Waals surface area (Å²) < 4.78 is 6.16. The molecule has 0 bridgehead atoms. The first-order valence-corrected chi connectivity index (χ1v) is 7.96. The molecular formula is C15H17BrN2OS. The first-order valence-electron chi connectivity index (χ1n) is 6.28. The second-order valence-electron chi connectivity index (χ2n) is 4.41. The monoisotopic (exact) mass is 352 g/mol. The number of ether oxygens (including phenoxy) is 1. The molecular weight excluding hydrogens is 336 g/mol. The third kappa shape index (κ3) is 3.75. The highest BCUT2D eigenvalue weighted by atomic mass is 79.9. The molecule has 0 saturated heterocycles. The molecule has 0 aliphatic carbocycles. The number of methoxy groups -OCH3 is 1. The minimum Gasteiger partial charge on any atom is -0.497 e. The van der Waals surface area contributed by atoms with E-state index in [0.29, 0.717) is 0 Å². The van der Waals surface area contributed by atoms with Crippen LogP contribution in [0.4, 0.5) is 0 Å². The Labute approximate surface area is 132 Å². The van der Waals surface area contributed by atoms with Crippen LogP contribution in [-0.2, 0) is 0 Å². The average molecular weight is 353 g/mol. The van der Waals surface area contributed by atoms with E-state index in [9.17, 15) is 0 Å². The highest BCUT2D eigenvalue weighted by Gasteiger charge is 2.17. The molecule has 5 heteroatoms. The molecule has 2 unspecified atom stereocenters. The summed E-state index contributed by atoms with van der Waals surface area (Å²) in [6, 6.07) is 11.7. The van der Waals surface area contributed by atoms with Gasteiger partial charge in [0.25, 0.3) is 0 Å². The van der Waals surface area contributed by atoms with Crippen LogP contribution < -0.4 is 10.5 Å². The number of rotatable bonds is 5. The number of aromatic nitrogens is 1. The van der Waals surface area contributed by atoms with Crippen molar-refractivity contribution in [1.82, 2.24) is 4.98 Å². The first-order chi connectivity index (χ1) is 9.61. The molecule has 0 radical (unpaired) electrons. The van der Waals surface area contributed by atoms with Gasteiger partial charge in [-0.2, -0.15) is 0 Å². The molecule has 0 amide bonds. The quantitative estimate of drug-likeness (QED) is 0.825. The van der Waals surface area contributed by atoms with Gasteiger partial charge in [-0.15, -0.1) is 11.8 Å². The van der Waals surface area contributed by atoms with Gasteiger partial charge in [-0.3, -0.25) is 0 Å². The van der Waals surface area contributed by atoms with Crippen molar-refractivity contribution >= 4 is 27.7 Å². The summed E-state index contributed by atoms with van der Waals surface area (Å²) in [7, 11) is 1.66. The number of nitrogens with two attached hydrogens (primary N) is 1. The number of thioether (sulfide) groups is 1. The maximum atomic E-state index is 6.32. The molecule has 0 saturated carbocycles. The third-order valence-corrected chi connectivity index (χ3v) is 5.14. The van der Waals surface area contributed by atoms with E-state index in [-0.39, 0.29) is 11.3 Å². The van der Waals surface area contributed by atoms with Gasteiger partial charge in [0, 0.05) is 22.0 Å². The number of halogens is 1. The molecule has 1 aromatic heterocycles. The Morgan fingerprint density at radius 1 is 1.25 bits per heavy atom. The summed E-state index contributed by atoms with van der Waals surface area (Å²) in [6.45, 7) is 2.11. The van der Waals surface area contributed by atoms with Crippen molar-refractivity contribution < 1.29 is 4.74 Å². The summed E-state index contributed by atoms with van der Waals surface area (Å²) in [5, 5.41) is 1.18. The number of pyridine rings is 1. The summed E-state index contributed by atoms with van der Waals surface area (Å²) >= 11 is 5.18. The Balaban J connectivity index is 2.08. The standard InChI is InChI=1S/C15H17BrN2OS/c1-10(20-15-13(16)4-3-9-18-15)14(17)11-5-7-12(19-2)8-6-11/h3-10,14H,17H2,1-2H3. The van der Waals surface area contributed by atoms with Crippen LogP contribution in [0, 0.1) is 0 Å². The maximum Gasteiger partial charge on any atom is 0.118 e. The van der Waals surface area contributed by atoms with E-state index in [1.165, 1.54) is 0 Å². The van der Waals surface area contributed by atoms with Crippen molar-refractivity contribution in [2.45, 2.75) is 23.2 Å². The smallest absolute Gasteiger partial charge is 0.118 e. The van der Waals surface area contributed by atoms with Crippen molar-refractivity contribution in [3.05, 3.63) is 52.6 Å². The fourth-order valence-electron chi connectivity index (χ4n) is 1.80. The van der Waals surface area contributed by atoms with Crippen LogP contribution in [0.1, 0.15) is 18.5 Å². The maximum absolute atomic E-state index is 6.32. The second-order valence-corrected chi connectivity index (χ2v) is 6.63. The van der Waals surface area contributed by atoms with Crippen molar-refractivity contribution in [3.63, 3.8) is 0 Å². The zero-order valence-corrected chi connectivity index (χ0v) is 13.8. The van der Waals surface area contributed by atoms with Crippen molar-refractivity contribution in [2.75, 3.05) is 7.11 Å². The summed E-state index contributed by atoms with van der Waals surface area (Å²) in [6.07, 6.45) is 1.79. The van der Waals surface area contributed by atoms with Gasteiger partial charge in [-0.05, 0) is 45.8 Å². The van der Waals surface area contributed by atoms with Crippen LogP contribution in [0.3, 0.4) is 0 Å². The number of benzene rings is 1.